The summed E-state index contributed by atoms with van der Waals surface area (Å²) in [7, 11) is 1.44. The smallest absolute Gasteiger partial charge is 0.341 e. The minimum atomic E-state index is -1.15. The van der Waals surface area contributed by atoms with Crippen LogP contribution in [0, 0.1) is 0 Å². The second-order valence-corrected chi connectivity index (χ2v) is 9.17. The molecule has 0 spiro atoms. The molecule has 29 heavy (non-hydrogen) atoms. The quantitative estimate of drug-likeness (QED) is 0.645. The van der Waals surface area contributed by atoms with E-state index in [0.717, 1.165) is 58.0 Å². The summed E-state index contributed by atoms with van der Waals surface area (Å²) in [6.45, 7) is 3.20. The molecule has 5 saturated heterocycles. The van der Waals surface area contributed by atoms with Crippen LogP contribution in [0.4, 0.5) is 0 Å². The lowest BCUT2D eigenvalue weighted by Gasteiger charge is -2.59. The molecule has 0 saturated carbocycles. The Balaban J connectivity index is 1.69. The zero-order valence-corrected chi connectivity index (χ0v) is 17.5. The SMILES string of the molecule is COC(=O)[C@@]1([C@]2([C@@]3([C@@]4([C@@H]5CCCO5)CCCO4)CCCO3)CCCO2)CCCO1. The van der Waals surface area contributed by atoms with Gasteiger partial charge in [-0.05, 0) is 64.2 Å². The highest BCUT2D eigenvalue weighted by atomic mass is 16.6. The van der Waals surface area contributed by atoms with Crippen LogP contribution in [0.2, 0.25) is 0 Å². The molecular weight excluding hydrogens is 376 g/mol. The maximum absolute atomic E-state index is 13.3. The minimum absolute atomic E-state index is 0.0414. The van der Waals surface area contributed by atoms with E-state index in [0.29, 0.717) is 39.3 Å². The number of rotatable bonds is 5. The molecule has 0 bridgehead atoms. The third-order valence-corrected chi connectivity index (χ3v) is 8.07. The van der Waals surface area contributed by atoms with Crippen LogP contribution in [0.15, 0.2) is 0 Å². The van der Waals surface area contributed by atoms with E-state index in [9.17, 15) is 4.79 Å². The summed E-state index contributed by atoms with van der Waals surface area (Å²) in [4.78, 5) is 13.3. The highest BCUT2D eigenvalue weighted by Gasteiger charge is 2.79. The molecule has 7 nitrogen and oxygen atoms in total. The van der Waals surface area contributed by atoms with Crippen LogP contribution in [-0.4, -0.2) is 74.6 Å². The van der Waals surface area contributed by atoms with E-state index in [1.807, 2.05) is 0 Å². The molecule has 5 rings (SSSR count). The maximum Gasteiger partial charge on any atom is 0.341 e. The van der Waals surface area contributed by atoms with Crippen LogP contribution in [-0.2, 0) is 33.2 Å². The maximum atomic E-state index is 13.3. The summed E-state index contributed by atoms with van der Waals surface area (Å²) >= 11 is 0. The van der Waals surface area contributed by atoms with E-state index in [1.54, 1.807) is 0 Å². The molecule has 0 aromatic heterocycles. The zero-order valence-electron chi connectivity index (χ0n) is 17.5. The van der Waals surface area contributed by atoms with Gasteiger partial charge in [0.25, 0.3) is 0 Å². The van der Waals surface area contributed by atoms with E-state index in [-0.39, 0.29) is 12.1 Å². The van der Waals surface area contributed by atoms with Crippen molar-refractivity contribution in [2.24, 2.45) is 0 Å². The molecule has 5 aliphatic rings. The van der Waals surface area contributed by atoms with Gasteiger partial charge in [0.15, 0.2) is 5.60 Å². The standard InChI is InChI=1S/C22H34O7/c1-24-18(23)20(9-4-14-27-20)22(11-6-16-29-22)21(10-5-15-28-21)19(8-3-13-26-19)17-7-2-12-25-17/h17H,2-16H2,1H3/t17-,19-,20+,21-,22-/m0/s1. The van der Waals surface area contributed by atoms with Crippen LogP contribution < -0.4 is 0 Å². The number of ether oxygens (including phenoxy) is 6. The number of hydrogen-bond acceptors (Lipinski definition) is 7. The Kier molecular flexibility index (Phi) is 5.18. The second-order valence-electron chi connectivity index (χ2n) is 9.17. The summed E-state index contributed by atoms with van der Waals surface area (Å²) < 4.78 is 37.9. The molecular formula is C22H34O7. The highest BCUT2D eigenvalue weighted by Crippen LogP contribution is 2.62. The minimum Gasteiger partial charge on any atom is -0.467 e. The third-order valence-electron chi connectivity index (χ3n) is 8.07. The van der Waals surface area contributed by atoms with Crippen molar-refractivity contribution in [2.45, 2.75) is 92.7 Å². The molecule has 0 amide bonds. The number of esters is 1. The fourth-order valence-electron chi connectivity index (χ4n) is 7.12. The Morgan fingerprint density at radius 1 is 0.759 bits per heavy atom. The molecule has 5 aliphatic heterocycles. The molecule has 0 unspecified atom stereocenters. The second kappa shape index (κ2) is 7.45. The number of hydrogen-bond donors (Lipinski definition) is 0. The Bertz CT molecular complexity index is 603. The van der Waals surface area contributed by atoms with Gasteiger partial charge in [-0.2, -0.15) is 0 Å². The van der Waals surface area contributed by atoms with Crippen molar-refractivity contribution in [1.82, 2.24) is 0 Å². The van der Waals surface area contributed by atoms with Crippen molar-refractivity contribution in [1.29, 1.82) is 0 Å². The van der Waals surface area contributed by atoms with E-state index in [1.165, 1.54) is 7.11 Å². The summed E-state index contributed by atoms with van der Waals surface area (Å²) in [5.74, 6) is -0.340. The monoisotopic (exact) mass is 410 g/mol. The lowest BCUT2D eigenvalue weighted by Crippen LogP contribution is -2.79. The molecule has 0 aromatic rings. The summed E-state index contributed by atoms with van der Waals surface area (Å²) in [6, 6.07) is 0. The van der Waals surface area contributed by atoms with E-state index < -0.39 is 22.4 Å². The first-order valence-corrected chi connectivity index (χ1v) is 11.4. The Morgan fingerprint density at radius 2 is 1.41 bits per heavy atom. The van der Waals surface area contributed by atoms with E-state index in [4.69, 9.17) is 28.4 Å². The number of carbonyl (C=O) groups is 1. The Hall–Kier alpha value is -0.730. The third kappa shape index (κ3) is 2.51. The fourth-order valence-corrected chi connectivity index (χ4v) is 7.12. The summed E-state index contributed by atoms with van der Waals surface area (Å²) in [5.41, 5.74) is -3.46. The van der Waals surface area contributed by atoms with Gasteiger partial charge in [0.1, 0.15) is 16.8 Å². The molecule has 0 aromatic carbocycles. The molecule has 0 aliphatic carbocycles. The van der Waals surface area contributed by atoms with Crippen molar-refractivity contribution in [3.8, 4) is 0 Å². The molecule has 7 heteroatoms. The summed E-state index contributed by atoms with van der Waals surface area (Å²) in [6.07, 6.45) is 8.44. The predicted molar refractivity (Wildman–Crippen MR) is 103 cm³/mol. The first-order chi connectivity index (χ1) is 14.2. The van der Waals surface area contributed by atoms with Gasteiger partial charge in [0, 0.05) is 33.0 Å². The van der Waals surface area contributed by atoms with Crippen molar-refractivity contribution in [2.75, 3.05) is 40.1 Å². The normalized spacial score (nSPS) is 47.8. The largest absolute Gasteiger partial charge is 0.467 e. The van der Waals surface area contributed by atoms with Gasteiger partial charge in [-0.1, -0.05) is 0 Å². The van der Waals surface area contributed by atoms with Crippen molar-refractivity contribution < 1.29 is 33.2 Å². The average molecular weight is 411 g/mol. The van der Waals surface area contributed by atoms with Crippen LogP contribution in [0.3, 0.4) is 0 Å². The lowest BCUT2D eigenvalue weighted by atomic mass is 9.58. The molecule has 5 fully saturated rings. The number of methoxy groups -OCH3 is 1. The Labute approximate surface area is 172 Å². The predicted octanol–water partition coefficient (Wildman–Crippen LogP) is 2.54. The van der Waals surface area contributed by atoms with Gasteiger partial charge < -0.3 is 28.4 Å². The molecule has 5 atom stereocenters. The van der Waals surface area contributed by atoms with Crippen LogP contribution in [0.25, 0.3) is 0 Å². The van der Waals surface area contributed by atoms with Gasteiger partial charge in [-0.15, -0.1) is 0 Å². The Morgan fingerprint density at radius 3 is 1.93 bits per heavy atom. The molecule has 0 N–H and O–H groups in total. The lowest BCUT2D eigenvalue weighted by molar-refractivity contribution is -0.319. The number of carbonyl (C=O) groups excluding carboxylic acids is 1. The first kappa shape index (κ1) is 20.2. The van der Waals surface area contributed by atoms with Gasteiger partial charge in [0.2, 0.25) is 0 Å². The van der Waals surface area contributed by atoms with Gasteiger partial charge in [-0.3, -0.25) is 0 Å². The van der Waals surface area contributed by atoms with Gasteiger partial charge in [-0.25, -0.2) is 4.79 Å². The average Bonchev–Trinajstić information content (AvgIpc) is 3.58. The molecule has 164 valence electrons. The van der Waals surface area contributed by atoms with Crippen molar-refractivity contribution >= 4 is 5.97 Å². The molecule has 0 radical (unpaired) electrons. The van der Waals surface area contributed by atoms with Crippen LogP contribution in [0.1, 0.15) is 64.2 Å². The topological polar surface area (TPSA) is 72.5 Å². The van der Waals surface area contributed by atoms with Gasteiger partial charge >= 0.3 is 5.97 Å². The van der Waals surface area contributed by atoms with Crippen LogP contribution >= 0.6 is 0 Å². The summed E-state index contributed by atoms with van der Waals surface area (Å²) in [5, 5.41) is 0. The van der Waals surface area contributed by atoms with E-state index >= 15 is 0 Å². The van der Waals surface area contributed by atoms with Crippen LogP contribution in [0.5, 0.6) is 0 Å². The molecule has 5 heterocycles. The highest BCUT2D eigenvalue weighted by molar-refractivity contribution is 5.82. The van der Waals surface area contributed by atoms with Crippen molar-refractivity contribution in [3.63, 3.8) is 0 Å². The fraction of sp³-hybridized carbons (Fsp3) is 0.955. The first-order valence-electron chi connectivity index (χ1n) is 11.4. The van der Waals surface area contributed by atoms with Crippen molar-refractivity contribution in [3.05, 3.63) is 0 Å². The zero-order chi connectivity index (χ0) is 20.0. The van der Waals surface area contributed by atoms with E-state index in [2.05, 4.69) is 0 Å². The van der Waals surface area contributed by atoms with Gasteiger partial charge in [0.05, 0.1) is 13.2 Å².